The number of carbonyl (C=O) groups is 1. The number of rotatable bonds is 1. The van der Waals surface area contributed by atoms with Crippen LogP contribution in [0, 0.1) is 17.7 Å². The summed E-state index contributed by atoms with van der Waals surface area (Å²) in [5.74, 6) is 5.04. The van der Waals surface area contributed by atoms with Crippen LogP contribution in [0.2, 0.25) is 0 Å². The van der Waals surface area contributed by atoms with E-state index >= 15 is 0 Å². The van der Waals surface area contributed by atoms with Crippen LogP contribution in [0.15, 0.2) is 18.2 Å². The maximum atomic E-state index is 13.4. The SMILES string of the molecule is CC1CCCCCN1C(=O)c1ccc(F)cc1C#CCN. The molecule has 21 heavy (non-hydrogen) atoms. The van der Waals surface area contributed by atoms with E-state index in [9.17, 15) is 9.18 Å². The van der Waals surface area contributed by atoms with Crippen molar-refractivity contribution in [1.82, 2.24) is 4.90 Å². The zero-order valence-corrected chi connectivity index (χ0v) is 12.4. The van der Waals surface area contributed by atoms with E-state index in [1.807, 2.05) is 4.90 Å². The zero-order valence-electron chi connectivity index (χ0n) is 12.4. The number of likely N-dealkylation sites (tertiary alicyclic amines) is 1. The fraction of sp³-hybridized carbons (Fsp3) is 0.471. The van der Waals surface area contributed by atoms with Gasteiger partial charge in [-0.15, -0.1) is 0 Å². The summed E-state index contributed by atoms with van der Waals surface area (Å²) in [6.45, 7) is 3.00. The van der Waals surface area contributed by atoms with E-state index in [4.69, 9.17) is 5.73 Å². The second-order valence-electron chi connectivity index (χ2n) is 5.39. The van der Waals surface area contributed by atoms with Crippen molar-refractivity contribution in [2.75, 3.05) is 13.1 Å². The standard InChI is InChI=1S/C17H21FN2O/c1-13-6-3-2-4-11-20(13)17(21)16-9-8-15(18)12-14(16)7-5-10-19/h8-9,12-13H,2-4,6,10-11,19H2,1H3. The maximum Gasteiger partial charge on any atom is 0.255 e. The Hall–Kier alpha value is -1.86. The number of hydrogen-bond acceptors (Lipinski definition) is 2. The van der Waals surface area contributed by atoms with Gasteiger partial charge in [-0.25, -0.2) is 4.39 Å². The highest BCUT2D eigenvalue weighted by molar-refractivity contribution is 5.97. The molecule has 1 aliphatic heterocycles. The molecule has 0 radical (unpaired) electrons. The average Bonchev–Trinajstić information content (AvgIpc) is 2.69. The smallest absolute Gasteiger partial charge is 0.255 e. The first-order chi connectivity index (χ1) is 10.1. The third-order valence-corrected chi connectivity index (χ3v) is 3.85. The molecule has 0 aromatic heterocycles. The minimum atomic E-state index is -0.392. The summed E-state index contributed by atoms with van der Waals surface area (Å²) in [5, 5.41) is 0. The molecular weight excluding hydrogens is 267 g/mol. The van der Waals surface area contributed by atoms with Gasteiger partial charge < -0.3 is 10.6 Å². The Morgan fingerprint density at radius 2 is 2.24 bits per heavy atom. The Labute approximate surface area is 125 Å². The molecule has 1 fully saturated rings. The number of amides is 1. The molecule has 1 aromatic carbocycles. The number of nitrogens with zero attached hydrogens (tertiary/aromatic N) is 1. The van der Waals surface area contributed by atoms with Gasteiger partial charge >= 0.3 is 0 Å². The molecule has 0 saturated carbocycles. The first-order valence-electron chi connectivity index (χ1n) is 7.43. The van der Waals surface area contributed by atoms with Crippen LogP contribution in [-0.2, 0) is 0 Å². The molecular formula is C17H21FN2O. The van der Waals surface area contributed by atoms with Crippen molar-refractivity contribution in [3.63, 3.8) is 0 Å². The molecule has 4 heteroatoms. The van der Waals surface area contributed by atoms with Crippen LogP contribution in [0.3, 0.4) is 0 Å². The van der Waals surface area contributed by atoms with Gasteiger partial charge in [0.1, 0.15) is 5.82 Å². The molecule has 3 nitrogen and oxygen atoms in total. The fourth-order valence-electron chi connectivity index (χ4n) is 2.68. The molecule has 1 aliphatic rings. The van der Waals surface area contributed by atoms with E-state index in [0.717, 1.165) is 32.2 Å². The van der Waals surface area contributed by atoms with Crippen LogP contribution in [0.1, 0.15) is 48.5 Å². The van der Waals surface area contributed by atoms with E-state index < -0.39 is 5.82 Å². The minimum Gasteiger partial charge on any atom is -0.336 e. The second kappa shape index (κ2) is 7.24. The van der Waals surface area contributed by atoms with Crippen molar-refractivity contribution in [3.8, 4) is 11.8 Å². The van der Waals surface area contributed by atoms with Crippen molar-refractivity contribution in [2.24, 2.45) is 5.73 Å². The first-order valence-corrected chi connectivity index (χ1v) is 7.43. The van der Waals surface area contributed by atoms with E-state index in [1.165, 1.54) is 18.2 Å². The molecule has 1 unspecified atom stereocenters. The Kier molecular flexibility index (Phi) is 5.35. The Bertz CT molecular complexity index is 574. The van der Waals surface area contributed by atoms with Gasteiger partial charge in [0, 0.05) is 18.2 Å². The van der Waals surface area contributed by atoms with Crippen LogP contribution < -0.4 is 5.73 Å². The van der Waals surface area contributed by atoms with Gasteiger partial charge in [0.2, 0.25) is 0 Å². The summed E-state index contributed by atoms with van der Waals surface area (Å²) in [6, 6.07) is 4.35. The van der Waals surface area contributed by atoms with E-state index in [1.54, 1.807) is 0 Å². The van der Waals surface area contributed by atoms with Gasteiger partial charge in [0.15, 0.2) is 0 Å². The highest BCUT2D eigenvalue weighted by Gasteiger charge is 2.24. The van der Waals surface area contributed by atoms with Crippen molar-refractivity contribution in [3.05, 3.63) is 35.1 Å². The summed E-state index contributed by atoms with van der Waals surface area (Å²) < 4.78 is 13.4. The van der Waals surface area contributed by atoms with Gasteiger partial charge in [0.25, 0.3) is 5.91 Å². The highest BCUT2D eigenvalue weighted by Crippen LogP contribution is 2.21. The predicted octanol–water partition coefficient (Wildman–Crippen LogP) is 2.54. The third kappa shape index (κ3) is 3.83. The Morgan fingerprint density at radius 1 is 1.43 bits per heavy atom. The molecule has 1 amide bonds. The Balaban J connectivity index is 2.33. The first kappa shape index (κ1) is 15.5. The number of halogens is 1. The van der Waals surface area contributed by atoms with Crippen molar-refractivity contribution < 1.29 is 9.18 Å². The van der Waals surface area contributed by atoms with Gasteiger partial charge in [-0.3, -0.25) is 4.79 Å². The molecule has 0 spiro atoms. The third-order valence-electron chi connectivity index (χ3n) is 3.85. The van der Waals surface area contributed by atoms with E-state index in [2.05, 4.69) is 18.8 Å². The van der Waals surface area contributed by atoms with Gasteiger partial charge in [-0.1, -0.05) is 24.7 Å². The number of hydrogen-bond donors (Lipinski definition) is 1. The van der Waals surface area contributed by atoms with Gasteiger partial charge in [-0.2, -0.15) is 0 Å². The molecule has 1 atom stereocenters. The molecule has 1 aromatic rings. The summed E-state index contributed by atoms with van der Waals surface area (Å²) in [5.41, 5.74) is 6.25. The summed E-state index contributed by atoms with van der Waals surface area (Å²) in [4.78, 5) is 14.6. The maximum absolute atomic E-state index is 13.4. The minimum absolute atomic E-state index is 0.0641. The second-order valence-corrected chi connectivity index (χ2v) is 5.39. The monoisotopic (exact) mass is 288 g/mol. The van der Waals surface area contributed by atoms with Crippen molar-refractivity contribution >= 4 is 5.91 Å². The largest absolute Gasteiger partial charge is 0.336 e. The Morgan fingerprint density at radius 3 is 3.00 bits per heavy atom. The van der Waals surface area contributed by atoms with Crippen LogP contribution in [-0.4, -0.2) is 29.9 Å². The number of carbonyl (C=O) groups excluding carboxylic acids is 1. The van der Waals surface area contributed by atoms with E-state index in [-0.39, 0.29) is 18.5 Å². The topological polar surface area (TPSA) is 46.3 Å². The average molecular weight is 288 g/mol. The summed E-state index contributed by atoms with van der Waals surface area (Å²) in [6.07, 6.45) is 4.32. The lowest BCUT2D eigenvalue weighted by atomic mass is 10.0. The van der Waals surface area contributed by atoms with E-state index in [0.29, 0.717) is 11.1 Å². The van der Waals surface area contributed by atoms with Gasteiger partial charge in [-0.05, 0) is 38.0 Å². The molecule has 2 rings (SSSR count). The number of nitrogens with two attached hydrogens (primary N) is 1. The molecule has 2 N–H and O–H groups in total. The lowest BCUT2D eigenvalue weighted by Crippen LogP contribution is -2.38. The van der Waals surface area contributed by atoms with Crippen LogP contribution in [0.5, 0.6) is 0 Å². The van der Waals surface area contributed by atoms with Crippen LogP contribution in [0.25, 0.3) is 0 Å². The zero-order chi connectivity index (χ0) is 15.2. The molecule has 1 saturated heterocycles. The predicted molar refractivity (Wildman–Crippen MR) is 81.3 cm³/mol. The lowest BCUT2D eigenvalue weighted by molar-refractivity contribution is 0.0697. The molecule has 1 heterocycles. The highest BCUT2D eigenvalue weighted by atomic mass is 19.1. The summed E-state index contributed by atoms with van der Waals surface area (Å²) in [7, 11) is 0. The molecule has 0 bridgehead atoms. The molecule has 112 valence electrons. The molecule has 0 aliphatic carbocycles. The lowest BCUT2D eigenvalue weighted by Gasteiger charge is -2.27. The number of benzene rings is 1. The van der Waals surface area contributed by atoms with Gasteiger partial charge in [0.05, 0.1) is 12.1 Å². The van der Waals surface area contributed by atoms with Crippen LogP contribution in [0.4, 0.5) is 4.39 Å². The van der Waals surface area contributed by atoms with Crippen molar-refractivity contribution in [1.29, 1.82) is 0 Å². The van der Waals surface area contributed by atoms with Crippen molar-refractivity contribution in [2.45, 2.75) is 38.6 Å². The quantitative estimate of drug-likeness (QED) is 0.807. The fourth-order valence-corrected chi connectivity index (χ4v) is 2.68. The van der Waals surface area contributed by atoms with Crippen LogP contribution >= 0.6 is 0 Å². The summed E-state index contributed by atoms with van der Waals surface area (Å²) >= 11 is 0. The normalized spacial score (nSPS) is 18.6.